The molecule has 0 saturated heterocycles. The highest BCUT2D eigenvalue weighted by molar-refractivity contribution is 5.94. The molecule has 2 amide bonds. The predicted molar refractivity (Wildman–Crippen MR) is 103 cm³/mol. The Kier molecular flexibility index (Phi) is 6.99. The van der Waals surface area contributed by atoms with Gasteiger partial charge in [0.1, 0.15) is 0 Å². The molecule has 1 fully saturated rings. The number of hydrogen-bond donors (Lipinski definition) is 3. The van der Waals surface area contributed by atoms with Crippen LogP contribution in [-0.4, -0.2) is 28.9 Å². The number of carboxylic acid groups (broad SMARTS) is 1. The smallest absolute Gasteiger partial charge is 0.308 e. The molecule has 6 heteroatoms. The lowest BCUT2D eigenvalue weighted by Crippen LogP contribution is -2.42. The number of aliphatic carboxylic acids is 1. The second-order valence-corrected chi connectivity index (χ2v) is 8.29. The molecule has 3 N–H and O–H groups in total. The Morgan fingerprint density at radius 3 is 2.26 bits per heavy atom. The van der Waals surface area contributed by atoms with Crippen molar-refractivity contribution >= 4 is 17.8 Å². The van der Waals surface area contributed by atoms with Crippen molar-refractivity contribution in [3.63, 3.8) is 0 Å². The summed E-state index contributed by atoms with van der Waals surface area (Å²) in [6, 6.07) is 6.70. The van der Waals surface area contributed by atoms with Crippen molar-refractivity contribution in [3.05, 3.63) is 35.4 Å². The Morgan fingerprint density at radius 1 is 1.04 bits per heavy atom. The van der Waals surface area contributed by atoms with Crippen molar-refractivity contribution in [3.8, 4) is 0 Å². The number of rotatable bonds is 5. The van der Waals surface area contributed by atoms with Crippen LogP contribution in [0.4, 0.5) is 0 Å². The van der Waals surface area contributed by atoms with E-state index in [1.54, 1.807) is 24.3 Å². The lowest BCUT2D eigenvalue weighted by atomic mass is 9.94. The summed E-state index contributed by atoms with van der Waals surface area (Å²) in [4.78, 5) is 35.9. The lowest BCUT2D eigenvalue weighted by molar-refractivity contribution is -0.142. The van der Waals surface area contributed by atoms with E-state index in [2.05, 4.69) is 10.6 Å². The average Bonchev–Trinajstić information content (AvgIpc) is 2.84. The van der Waals surface area contributed by atoms with Gasteiger partial charge in [-0.15, -0.1) is 0 Å². The van der Waals surface area contributed by atoms with Crippen molar-refractivity contribution in [2.45, 2.75) is 65.5 Å². The fourth-order valence-electron chi connectivity index (χ4n) is 3.25. The normalized spacial score (nSPS) is 20.4. The number of carboxylic acids is 1. The molecule has 0 heterocycles. The Hall–Kier alpha value is -2.37. The highest BCUT2D eigenvalue weighted by atomic mass is 16.4. The fourth-order valence-corrected chi connectivity index (χ4v) is 3.25. The maximum Gasteiger partial charge on any atom is 0.308 e. The van der Waals surface area contributed by atoms with E-state index in [1.807, 2.05) is 20.8 Å². The largest absolute Gasteiger partial charge is 0.481 e. The van der Waals surface area contributed by atoms with Gasteiger partial charge < -0.3 is 15.7 Å². The quantitative estimate of drug-likeness (QED) is 0.690. The molecule has 27 heavy (non-hydrogen) atoms. The standard InChI is InChI=1S/C21H30N2O4/c1-21(2,3)20(27)22-13-14-9-11-15(12-10-14)18(24)23-17-8-6-4-5-7-16(17)19(25)26/h9-12,16-17H,4-8,13H2,1-3H3,(H,22,27)(H,23,24)(H,25,26)/t16-,17+/m1/s1. The van der Waals surface area contributed by atoms with Gasteiger partial charge in [0.05, 0.1) is 5.92 Å². The first kappa shape index (κ1) is 20.9. The third-order valence-electron chi connectivity index (χ3n) is 5.00. The Morgan fingerprint density at radius 2 is 1.67 bits per heavy atom. The van der Waals surface area contributed by atoms with Crippen LogP contribution < -0.4 is 10.6 Å². The summed E-state index contributed by atoms with van der Waals surface area (Å²) in [5.41, 5.74) is 0.954. The lowest BCUT2D eigenvalue weighted by Gasteiger charge is -2.23. The van der Waals surface area contributed by atoms with Gasteiger partial charge in [-0.25, -0.2) is 0 Å². The van der Waals surface area contributed by atoms with E-state index in [4.69, 9.17) is 0 Å². The summed E-state index contributed by atoms with van der Waals surface area (Å²) < 4.78 is 0. The first-order valence-electron chi connectivity index (χ1n) is 9.59. The fraction of sp³-hybridized carbons (Fsp3) is 0.571. The summed E-state index contributed by atoms with van der Waals surface area (Å²) in [5, 5.41) is 15.2. The molecule has 1 aromatic rings. The van der Waals surface area contributed by atoms with Gasteiger partial charge >= 0.3 is 5.97 Å². The van der Waals surface area contributed by atoms with Gasteiger partial charge in [0.2, 0.25) is 5.91 Å². The van der Waals surface area contributed by atoms with Crippen molar-refractivity contribution in [1.29, 1.82) is 0 Å². The molecule has 2 atom stereocenters. The summed E-state index contributed by atoms with van der Waals surface area (Å²) in [6.07, 6.45) is 4.12. The molecule has 0 unspecified atom stereocenters. The van der Waals surface area contributed by atoms with Crippen LogP contribution in [-0.2, 0) is 16.1 Å². The maximum absolute atomic E-state index is 12.5. The average molecular weight is 374 g/mol. The Balaban J connectivity index is 1.96. The minimum atomic E-state index is -0.841. The third kappa shape index (κ3) is 6.08. The van der Waals surface area contributed by atoms with Crippen LogP contribution in [0.1, 0.15) is 68.8 Å². The zero-order chi connectivity index (χ0) is 20.0. The number of amides is 2. The van der Waals surface area contributed by atoms with E-state index < -0.39 is 17.3 Å². The van der Waals surface area contributed by atoms with Gasteiger partial charge in [0, 0.05) is 23.6 Å². The summed E-state index contributed by atoms with van der Waals surface area (Å²) in [6.45, 7) is 5.97. The first-order valence-corrected chi connectivity index (χ1v) is 9.59. The van der Waals surface area contributed by atoms with Gasteiger partial charge in [-0.05, 0) is 30.5 Å². The number of nitrogens with one attached hydrogen (secondary N) is 2. The molecule has 1 aromatic carbocycles. The van der Waals surface area contributed by atoms with E-state index in [0.29, 0.717) is 24.9 Å². The molecule has 1 aliphatic carbocycles. The Labute approximate surface area is 160 Å². The van der Waals surface area contributed by atoms with Crippen LogP contribution in [0.5, 0.6) is 0 Å². The number of carbonyl (C=O) groups excluding carboxylic acids is 2. The maximum atomic E-state index is 12.5. The van der Waals surface area contributed by atoms with Crippen molar-refractivity contribution in [1.82, 2.24) is 10.6 Å². The van der Waals surface area contributed by atoms with Crippen molar-refractivity contribution in [2.24, 2.45) is 11.3 Å². The van der Waals surface area contributed by atoms with E-state index in [9.17, 15) is 19.5 Å². The molecule has 6 nitrogen and oxygen atoms in total. The van der Waals surface area contributed by atoms with Crippen LogP contribution in [0.25, 0.3) is 0 Å². The van der Waals surface area contributed by atoms with E-state index >= 15 is 0 Å². The molecular weight excluding hydrogens is 344 g/mol. The molecular formula is C21H30N2O4. The molecule has 1 saturated carbocycles. The van der Waals surface area contributed by atoms with Crippen LogP contribution in [0, 0.1) is 11.3 Å². The first-order chi connectivity index (χ1) is 12.7. The van der Waals surface area contributed by atoms with Gasteiger partial charge in [0.15, 0.2) is 0 Å². The summed E-state index contributed by atoms with van der Waals surface area (Å²) >= 11 is 0. The topological polar surface area (TPSA) is 95.5 Å². The van der Waals surface area contributed by atoms with E-state index in [0.717, 1.165) is 24.8 Å². The summed E-state index contributed by atoms with van der Waals surface area (Å²) in [5.74, 6) is -1.65. The van der Waals surface area contributed by atoms with Crippen molar-refractivity contribution < 1.29 is 19.5 Å². The van der Waals surface area contributed by atoms with Crippen molar-refractivity contribution in [2.75, 3.05) is 0 Å². The molecule has 0 spiro atoms. The second kappa shape index (κ2) is 9.02. The number of benzene rings is 1. The molecule has 0 radical (unpaired) electrons. The van der Waals surface area contributed by atoms with Gasteiger partial charge in [-0.2, -0.15) is 0 Å². The van der Waals surface area contributed by atoms with Crippen LogP contribution in [0.15, 0.2) is 24.3 Å². The summed E-state index contributed by atoms with van der Waals surface area (Å²) in [7, 11) is 0. The number of carbonyl (C=O) groups is 3. The predicted octanol–water partition coefficient (Wildman–Crippen LogP) is 3.11. The molecule has 2 rings (SSSR count). The van der Waals surface area contributed by atoms with Gasteiger partial charge in [-0.1, -0.05) is 52.2 Å². The third-order valence-corrected chi connectivity index (χ3v) is 5.00. The molecule has 0 bridgehead atoms. The van der Waals surface area contributed by atoms with E-state index in [-0.39, 0.29) is 17.9 Å². The van der Waals surface area contributed by atoms with Gasteiger partial charge in [-0.3, -0.25) is 14.4 Å². The molecule has 0 aliphatic heterocycles. The van der Waals surface area contributed by atoms with Crippen LogP contribution in [0.3, 0.4) is 0 Å². The minimum absolute atomic E-state index is 0.0302. The van der Waals surface area contributed by atoms with E-state index in [1.165, 1.54) is 0 Å². The van der Waals surface area contributed by atoms with Crippen LogP contribution in [0.2, 0.25) is 0 Å². The molecule has 0 aromatic heterocycles. The highest BCUT2D eigenvalue weighted by Crippen LogP contribution is 2.24. The second-order valence-electron chi connectivity index (χ2n) is 8.29. The zero-order valence-electron chi connectivity index (χ0n) is 16.4. The number of hydrogen-bond acceptors (Lipinski definition) is 3. The highest BCUT2D eigenvalue weighted by Gasteiger charge is 2.30. The minimum Gasteiger partial charge on any atom is -0.481 e. The monoisotopic (exact) mass is 374 g/mol. The molecule has 148 valence electrons. The SMILES string of the molecule is CC(C)(C)C(=O)NCc1ccc(C(=O)N[C@H]2CCCCC[C@H]2C(=O)O)cc1. The molecule has 1 aliphatic rings. The zero-order valence-corrected chi connectivity index (χ0v) is 16.4. The Bertz CT molecular complexity index is 676. The van der Waals surface area contributed by atoms with Crippen LogP contribution >= 0.6 is 0 Å². The van der Waals surface area contributed by atoms with Gasteiger partial charge in [0.25, 0.3) is 5.91 Å².